The molecular weight excluding hydrogens is 426 g/mol. The van der Waals surface area contributed by atoms with Crippen molar-refractivity contribution in [2.24, 2.45) is 0 Å². The Morgan fingerprint density at radius 3 is 2.19 bits per heavy atom. The topological polar surface area (TPSA) is 81.7 Å². The molecule has 1 atom stereocenters. The van der Waals surface area contributed by atoms with Crippen LogP contribution in [0.25, 0.3) is 0 Å². The van der Waals surface area contributed by atoms with Gasteiger partial charge in [0.15, 0.2) is 0 Å². The van der Waals surface area contributed by atoms with Gasteiger partial charge in [0.2, 0.25) is 11.8 Å². The van der Waals surface area contributed by atoms with Gasteiger partial charge in [-0.05, 0) is 69.8 Å². The first-order valence-electron chi connectivity index (χ1n) is 11.9. The van der Waals surface area contributed by atoms with Crippen molar-refractivity contribution in [1.29, 1.82) is 0 Å². The van der Waals surface area contributed by atoms with Gasteiger partial charge in [-0.1, -0.05) is 37.9 Å². The van der Waals surface area contributed by atoms with Gasteiger partial charge < -0.3 is 20.6 Å². The van der Waals surface area contributed by atoms with Gasteiger partial charge in [-0.3, -0.25) is 9.59 Å². The maximum absolute atomic E-state index is 11.9. The average Bonchev–Trinajstić information content (AvgIpc) is 2.73. The smallest absolute Gasteiger partial charge is 0.222 e. The second-order valence-corrected chi connectivity index (χ2v) is 8.58. The van der Waals surface area contributed by atoms with Crippen molar-refractivity contribution >= 4 is 23.4 Å². The molecule has 1 rings (SSSR count). The number of carbonyl (C=O) groups is 2. The summed E-state index contributed by atoms with van der Waals surface area (Å²) in [6, 6.07) is 6.01. The monoisotopic (exact) mass is 469 g/mol. The third-order valence-electron chi connectivity index (χ3n) is 4.83. The molecule has 2 amide bonds. The van der Waals surface area contributed by atoms with E-state index < -0.39 is 6.10 Å². The summed E-state index contributed by atoms with van der Waals surface area (Å²) in [5.41, 5.74) is 2.44. The normalized spacial score (nSPS) is 11.3. The summed E-state index contributed by atoms with van der Waals surface area (Å²) in [6.45, 7) is 13.3. The fraction of sp³-hybridized carbons (Fsp3) is 0.680. The van der Waals surface area contributed by atoms with Gasteiger partial charge in [0.1, 0.15) is 0 Å². The van der Waals surface area contributed by atoms with E-state index in [0.717, 1.165) is 43.9 Å². The van der Waals surface area contributed by atoms with Crippen molar-refractivity contribution < 1.29 is 14.7 Å². The van der Waals surface area contributed by atoms with E-state index >= 15 is 0 Å². The Hall–Kier alpha value is -1.63. The lowest BCUT2D eigenvalue weighted by molar-refractivity contribution is -0.131. The first-order chi connectivity index (χ1) is 15.2. The molecule has 0 spiro atoms. The van der Waals surface area contributed by atoms with Gasteiger partial charge in [-0.2, -0.15) is 0 Å². The highest BCUT2D eigenvalue weighted by molar-refractivity contribution is 6.30. The fourth-order valence-electron chi connectivity index (χ4n) is 3.17. The summed E-state index contributed by atoms with van der Waals surface area (Å²) in [5, 5.41) is 16.4. The third-order valence-corrected chi connectivity index (χ3v) is 5.05. The number of halogens is 1. The molecule has 0 saturated carbocycles. The SMILES string of the molecule is CCCCNCC(O)CNC(=O)CCCC(=O)N(CC)CCC.Cc1cc(C)cc(Cl)c1. The first kappa shape index (κ1) is 30.4. The maximum Gasteiger partial charge on any atom is 0.222 e. The minimum Gasteiger partial charge on any atom is -0.390 e. The highest BCUT2D eigenvalue weighted by Gasteiger charge is 2.12. The fourth-order valence-corrected chi connectivity index (χ4v) is 3.51. The van der Waals surface area contributed by atoms with Gasteiger partial charge in [-0.15, -0.1) is 0 Å². The van der Waals surface area contributed by atoms with Crippen molar-refractivity contribution in [1.82, 2.24) is 15.5 Å². The molecule has 1 aromatic carbocycles. The van der Waals surface area contributed by atoms with Gasteiger partial charge in [0.25, 0.3) is 0 Å². The molecule has 0 fully saturated rings. The van der Waals surface area contributed by atoms with E-state index in [2.05, 4.69) is 23.6 Å². The standard InChI is InChI=1S/C17H35N3O3.C8H9Cl/c1-4-7-11-18-13-15(21)14-19-16(22)9-8-10-17(23)20(6-3)12-5-2;1-6-3-7(2)5-8(9)4-6/h15,18,21H,4-14H2,1-3H3,(H,19,22);3-5H,1-2H3. The van der Waals surface area contributed by atoms with Crippen molar-refractivity contribution in [2.75, 3.05) is 32.7 Å². The summed E-state index contributed by atoms with van der Waals surface area (Å²) in [6.07, 6.45) is 3.86. The minimum atomic E-state index is -0.572. The number of nitrogens with one attached hydrogen (secondary N) is 2. The molecule has 6 nitrogen and oxygen atoms in total. The number of rotatable bonds is 14. The molecule has 3 N–H and O–H groups in total. The van der Waals surface area contributed by atoms with Crippen molar-refractivity contribution in [3.05, 3.63) is 34.3 Å². The van der Waals surface area contributed by atoms with Gasteiger partial charge >= 0.3 is 0 Å². The third kappa shape index (κ3) is 16.1. The largest absolute Gasteiger partial charge is 0.390 e. The zero-order valence-electron chi connectivity index (χ0n) is 20.7. The van der Waals surface area contributed by atoms with E-state index in [1.54, 1.807) is 0 Å². The van der Waals surface area contributed by atoms with Crippen LogP contribution in [0, 0.1) is 13.8 Å². The van der Waals surface area contributed by atoms with Crippen LogP contribution in [0.15, 0.2) is 18.2 Å². The van der Waals surface area contributed by atoms with Gasteiger partial charge in [0, 0.05) is 44.0 Å². The lowest BCUT2D eigenvalue weighted by atomic mass is 10.2. The second kappa shape index (κ2) is 18.9. The predicted octanol–water partition coefficient (Wildman–Crippen LogP) is 4.24. The van der Waals surface area contributed by atoms with Crippen LogP contribution in [-0.2, 0) is 9.59 Å². The number of amides is 2. The van der Waals surface area contributed by atoms with Crippen molar-refractivity contribution in [2.45, 2.75) is 79.2 Å². The van der Waals surface area contributed by atoms with Crippen molar-refractivity contribution in [3.63, 3.8) is 0 Å². The molecule has 7 heteroatoms. The predicted molar refractivity (Wildman–Crippen MR) is 134 cm³/mol. The van der Waals surface area contributed by atoms with E-state index in [0.29, 0.717) is 25.8 Å². The molecule has 0 aliphatic rings. The molecule has 1 unspecified atom stereocenters. The second-order valence-electron chi connectivity index (χ2n) is 8.15. The minimum absolute atomic E-state index is 0.107. The van der Waals surface area contributed by atoms with E-state index in [9.17, 15) is 14.7 Å². The summed E-state index contributed by atoms with van der Waals surface area (Å²) >= 11 is 5.75. The van der Waals surface area contributed by atoms with Crippen LogP contribution in [0.1, 0.15) is 70.4 Å². The molecule has 0 saturated heterocycles. The molecular formula is C25H44ClN3O3. The lowest BCUT2D eigenvalue weighted by Crippen LogP contribution is -2.38. The van der Waals surface area contributed by atoms with Crippen LogP contribution in [0.5, 0.6) is 0 Å². The highest BCUT2D eigenvalue weighted by Crippen LogP contribution is 2.12. The Morgan fingerprint density at radius 1 is 1.00 bits per heavy atom. The van der Waals surface area contributed by atoms with Crippen LogP contribution < -0.4 is 10.6 Å². The molecule has 0 bridgehead atoms. The van der Waals surface area contributed by atoms with Crippen LogP contribution in [-0.4, -0.2) is 60.6 Å². The van der Waals surface area contributed by atoms with E-state index in [4.69, 9.17) is 11.6 Å². The molecule has 0 aromatic heterocycles. The highest BCUT2D eigenvalue weighted by atomic mass is 35.5. The molecule has 0 aliphatic carbocycles. The quantitative estimate of drug-likeness (QED) is 0.356. The van der Waals surface area contributed by atoms with Crippen molar-refractivity contribution in [3.8, 4) is 0 Å². The first-order valence-corrected chi connectivity index (χ1v) is 12.3. The van der Waals surface area contributed by atoms with E-state index in [-0.39, 0.29) is 18.4 Å². The lowest BCUT2D eigenvalue weighted by Gasteiger charge is -2.19. The van der Waals surface area contributed by atoms with Crippen LogP contribution in [0.2, 0.25) is 5.02 Å². The Labute approximate surface area is 200 Å². The molecule has 184 valence electrons. The number of unbranched alkanes of at least 4 members (excludes halogenated alkanes) is 1. The molecule has 0 aliphatic heterocycles. The number of hydrogen-bond acceptors (Lipinski definition) is 4. The number of aryl methyl sites for hydroxylation is 2. The Bertz CT molecular complexity index is 605. The molecule has 0 heterocycles. The molecule has 1 aromatic rings. The summed E-state index contributed by atoms with van der Waals surface area (Å²) in [4.78, 5) is 25.5. The number of benzene rings is 1. The number of hydrogen-bond donors (Lipinski definition) is 3. The molecule has 32 heavy (non-hydrogen) atoms. The summed E-state index contributed by atoms with van der Waals surface area (Å²) in [5.74, 6) is 0.00579. The van der Waals surface area contributed by atoms with Gasteiger partial charge in [-0.25, -0.2) is 0 Å². The Balaban J connectivity index is 0.000000879. The molecule has 0 radical (unpaired) electrons. The van der Waals surface area contributed by atoms with Crippen LogP contribution in [0.3, 0.4) is 0 Å². The number of aliphatic hydroxyl groups is 1. The number of aliphatic hydroxyl groups excluding tert-OH is 1. The van der Waals surface area contributed by atoms with Crippen LogP contribution >= 0.6 is 11.6 Å². The average molecular weight is 470 g/mol. The summed E-state index contributed by atoms with van der Waals surface area (Å²) < 4.78 is 0. The maximum atomic E-state index is 11.9. The van der Waals surface area contributed by atoms with E-state index in [1.165, 1.54) is 11.1 Å². The van der Waals surface area contributed by atoms with E-state index in [1.807, 2.05) is 44.7 Å². The van der Waals surface area contributed by atoms with Gasteiger partial charge in [0.05, 0.1) is 6.10 Å². The zero-order valence-corrected chi connectivity index (χ0v) is 21.4. The number of nitrogens with zero attached hydrogens (tertiary/aromatic N) is 1. The zero-order chi connectivity index (χ0) is 24.4. The Morgan fingerprint density at radius 2 is 1.66 bits per heavy atom. The number of carbonyl (C=O) groups excluding carboxylic acids is 2. The van der Waals surface area contributed by atoms with Crippen LogP contribution in [0.4, 0.5) is 0 Å². The summed E-state index contributed by atoms with van der Waals surface area (Å²) in [7, 11) is 0. The Kier molecular flexibility index (Phi) is 17.9.